The maximum atomic E-state index is 3.25. The van der Waals surface area contributed by atoms with Crippen molar-refractivity contribution < 1.29 is 18.6 Å². The Morgan fingerprint density at radius 3 is 2.47 bits per heavy atom. The van der Waals surface area contributed by atoms with Gasteiger partial charge in [0, 0.05) is 0 Å². The Balaban J connectivity index is 0.00000112. The smallest absolute Gasteiger partial charge is 0.226 e. The molecule has 2 rings (SSSR count). The molecule has 0 aliphatic heterocycles. The van der Waals surface area contributed by atoms with E-state index < -0.39 is 0 Å². The predicted octanol–water partition coefficient (Wildman–Crippen LogP) is 3.57. The molecule has 0 aliphatic rings. The molecule has 0 unspecified atom stereocenters. The fraction of sp³-hybridized carbons (Fsp3) is 0.143. The second kappa shape index (κ2) is 5.20. The molecule has 0 nitrogen and oxygen atoms in total. The number of hydrogen-bond acceptors (Lipinski definition) is 0. The molecule has 0 amide bonds. The SMILES string of the molecule is Cc1cc[c-]c(-c2[c-]cccc2C)c1.[V+2]. The molecule has 2 aromatic rings. The Bertz CT molecular complexity index is 447. The van der Waals surface area contributed by atoms with Crippen LogP contribution in [0.3, 0.4) is 0 Å². The van der Waals surface area contributed by atoms with Gasteiger partial charge in [-0.1, -0.05) is 13.8 Å². The van der Waals surface area contributed by atoms with Crippen LogP contribution in [0.4, 0.5) is 0 Å². The van der Waals surface area contributed by atoms with E-state index in [0.717, 1.165) is 11.1 Å². The van der Waals surface area contributed by atoms with Crippen LogP contribution in [-0.2, 0) is 18.6 Å². The average Bonchev–Trinajstić information content (AvgIpc) is 2.18. The van der Waals surface area contributed by atoms with Crippen molar-refractivity contribution in [1.82, 2.24) is 0 Å². The van der Waals surface area contributed by atoms with Crippen molar-refractivity contribution >= 4 is 0 Å². The molecule has 0 atom stereocenters. The van der Waals surface area contributed by atoms with Gasteiger partial charge in [0.1, 0.15) is 0 Å². The van der Waals surface area contributed by atoms with Crippen LogP contribution in [-0.4, -0.2) is 0 Å². The molecular weight excluding hydrogens is 219 g/mol. The molecule has 2 aromatic carbocycles. The second-order valence-electron chi connectivity index (χ2n) is 3.51. The summed E-state index contributed by atoms with van der Waals surface area (Å²) in [5.41, 5.74) is 4.78. The van der Waals surface area contributed by atoms with Crippen molar-refractivity contribution in [3.05, 3.63) is 59.7 Å². The quantitative estimate of drug-likeness (QED) is 0.658. The molecule has 0 spiro atoms. The molecule has 0 aliphatic carbocycles. The summed E-state index contributed by atoms with van der Waals surface area (Å²) in [5.74, 6) is 0. The zero-order valence-electron chi connectivity index (χ0n) is 8.91. The molecule has 73 valence electrons. The Hall–Kier alpha value is -0.976. The minimum Gasteiger partial charge on any atom is -0.226 e. The maximum absolute atomic E-state index is 3.25. The molecule has 0 saturated heterocycles. The fourth-order valence-corrected chi connectivity index (χ4v) is 1.54. The van der Waals surface area contributed by atoms with Gasteiger partial charge in [-0.25, -0.2) is 11.1 Å². The van der Waals surface area contributed by atoms with E-state index >= 15 is 0 Å². The van der Waals surface area contributed by atoms with Gasteiger partial charge >= 0.3 is 18.6 Å². The minimum atomic E-state index is 0. The van der Waals surface area contributed by atoms with Crippen LogP contribution < -0.4 is 0 Å². The van der Waals surface area contributed by atoms with Crippen LogP contribution in [0.25, 0.3) is 11.1 Å². The Morgan fingerprint density at radius 2 is 1.80 bits per heavy atom. The van der Waals surface area contributed by atoms with Crippen molar-refractivity contribution in [1.29, 1.82) is 0 Å². The second-order valence-corrected chi connectivity index (χ2v) is 3.51. The Labute approximate surface area is 103 Å². The molecule has 0 fully saturated rings. The number of rotatable bonds is 1. The molecule has 0 saturated carbocycles. The minimum absolute atomic E-state index is 0. The summed E-state index contributed by atoms with van der Waals surface area (Å²) in [6.07, 6.45) is 0. The Kier molecular flexibility index (Phi) is 4.20. The molecular formula is C14H12V. The fourth-order valence-electron chi connectivity index (χ4n) is 1.54. The van der Waals surface area contributed by atoms with Gasteiger partial charge in [-0.2, -0.15) is 42.0 Å². The molecule has 1 heteroatoms. The van der Waals surface area contributed by atoms with Gasteiger partial charge in [0.2, 0.25) is 0 Å². The van der Waals surface area contributed by atoms with E-state index in [2.05, 4.69) is 44.2 Å². The van der Waals surface area contributed by atoms with Crippen molar-refractivity contribution in [2.75, 3.05) is 0 Å². The van der Waals surface area contributed by atoms with E-state index in [0.29, 0.717) is 0 Å². The number of benzene rings is 2. The summed E-state index contributed by atoms with van der Waals surface area (Å²) in [6, 6.07) is 18.7. The van der Waals surface area contributed by atoms with Gasteiger partial charge in [-0.15, -0.1) is 17.7 Å². The molecule has 0 heterocycles. The van der Waals surface area contributed by atoms with Gasteiger partial charge in [-0.3, -0.25) is 0 Å². The molecule has 0 bridgehead atoms. The largest absolute Gasteiger partial charge is 2.00 e. The number of hydrogen-bond donors (Lipinski definition) is 0. The predicted molar refractivity (Wildman–Crippen MR) is 59.0 cm³/mol. The van der Waals surface area contributed by atoms with Crippen molar-refractivity contribution in [2.45, 2.75) is 13.8 Å². The van der Waals surface area contributed by atoms with Gasteiger partial charge < -0.3 is 0 Å². The van der Waals surface area contributed by atoms with E-state index in [-0.39, 0.29) is 18.6 Å². The molecule has 15 heavy (non-hydrogen) atoms. The molecule has 1 radical (unpaired) electrons. The summed E-state index contributed by atoms with van der Waals surface area (Å²) < 4.78 is 0. The van der Waals surface area contributed by atoms with Crippen LogP contribution in [0.15, 0.2) is 36.4 Å². The first kappa shape index (κ1) is 12.1. The van der Waals surface area contributed by atoms with Crippen LogP contribution in [0.2, 0.25) is 0 Å². The van der Waals surface area contributed by atoms with Crippen LogP contribution in [0, 0.1) is 26.0 Å². The maximum Gasteiger partial charge on any atom is 2.00 e. The first-order valence-corrected chi connectivity index (χ1v) is 4.73. The molecule has 0 aromatic heterocycles. The van der Waals surface area contributed by atoms with Crippen molar-refractivity contribution in [2.24, 2.45) is 0 Å². The standard InChI is InChI=1S/C14H12.V/c1-11-6-5-8-13(10-11)14-9-4-3-7-12(14)2;/h3-7,10H,1-2H3;/q-2;+2. The third kappa shape index (κ3) is 2.74. The van der Waals surface area contributed by atoms with Crippen molar-refractivity contribution in [3.63, 3.8) is 0 Å². The van der Waals surface area contributed by atoms with E-state index in [1.165, 1.54) is 11.1 Å². The van der Waals surface area contributed by atoms with E-state index in [1.54, 1.807) is 0 Å². The third-order valence-electron chi connectivity index (χ3n) is 2.29. The summed E-state index contributed by atoms with van der Waals surface area (Å²) in [7, 11) is 0. The van der Waals surface area contributed by atoms with Gasteiger partial charge in [0.15, 0.2) is 0 Å². The zero-order valence-corrected chi connectivity index (χ0v) is 10.3. The first-order valence-electron chi connectivity index (χ1n) is 4.73. The van der Waals surface area contributed by atoms with Gasteiger partial charge in [0.25, 0.3) is 0 Å². The van der Waals surface area contributed by atoms with Gasteiger partial charge in [0.05, 0.1) is 0 Å². The normalized spacial score (nSPS) is 9.47. The number of aryl methyl sites for hydroxylation is 2. The Morgan fingerprint density at radius 1 is 1.00 bits per heavy atom. The van der Waals surface area contributed by atoms with Crippen LogP contribution in [0.1, 0.15) is 11.1 Å². The van der Waals surface area contributed by atoms with E-state index in [9.17, 15) is 0 Å². The molecule has 0 N–H and O–H groups in total. The monoisotopic (exact) mass is 231 g/mol. The third-order valence-corrected chi connectivity index (χ3v) is 2.29. The first-order chi connectivity index (χ1) is 6.77. The summed E-state index contributed by atoms with van der Waals surface area (Å²) in [4.78, 5) is 0. The van der Waals surface area contributed by atoms with E-state index in [1.807, 2.05) is 18.2 Å². The topological polar surface area (TPSA) is 0 Å². The summed E-state index contributed by atoms with van der Waals surface area (Å²) in [6.45, 7) is 4.19. The van der Waals surface area contributed by atoms with Crippen LogP contribution >= 0.6 is 0 Å². The zero-order chi connectivity index (χ0) is 9.97. The van der Waals surface area contributed by atoms with Gasteiger partial charge in [-0.05, 0) is 0 Å². The summed E-state index contributed by atoms with van der Waals surface area (Å²) >= 11 is 0. The van der Waals surface area contributed by atoms with E-state index in [4.69, 9.17) is 0 Å². The average molecular weight is 231 g/mol. The van der Waals surface area contributed by atoms with Crippen molar-refractivity contribution in [3.8, 4) is 11.1 Å². The summed E-state index contributed by atoms with van der Waals surface area (Å²) in [5, 5.41) is 0. The van der Waals surface area contributed by atoms with Crippen LogP contribution in [0.5, 0.6) is 0 Å².